The molecule has 0 aliphatic carbocycles. The van der Waals surface area contributed by atoms with Gasteiger partial charge in [-0.15, -0.1) is 0 Å². The average molecular weight is 303 g/mol. The number of carbonyl (C=O) groups is 2. The highest BCUT2D eigenvalue weighted by molar-refractivity contribution is 6.21. The second-order valence-corrected chi connectivity index (χ2v) is 6.42. The van der Waals surface area contributed by atoms with E-state index in [1.165, 1.54) is 9.80 Å². The lowest BCUT2D eigenvalue weighted by Crippen LogP contribution is -3.29. The SMILES string of the molecule is CC[NH+]1CC[NH+]([C@H]2CC(=O)N(c3ccc(C)cc3)C2=O)CC1. The molecule has 118 valence electrons. The van der Waals surface area contributed by atoms with Gasteiger partial charge in [0.15, 0.2) is 6.04 Å². The number of carbonyl (C=O) groups excluding carboxylic acids is 2. The van der Waals surface area contributed by atoms with Crippen molar-refractivity contribution in [2.75, 3.05) is 37.6 Å². The van der Waals surface area contributed by atoms with Crippen molar-refractivity contribution in [1.29, 1.82) is 0 Å². The molecule has 2 N–H and O–H groups in total. The zero-order valence-corrected chi connectivity index (χ0v) is 13.4. The summed E-state index contributed by atoms with van der Waals surface area (Å²) in [6.45, 7) is 9.48. The van der Waals surface area contributed by atoms with Crippen LogP contribution in [0.2, 0.25) is 0 Å². The van der Waals surface area contributed by atoms with Crippen LogP contribution in [0.15, 0.2) is 24.3 Å². The van der Waals surface area contributed by atoms with E-state index in [4.69, 9.17) is 0 Å². The highest BCUT2D eigenvalue weighted by Crippen LogP contribution is 2.22. The largest absolute Gasteiger partial charge is 0.326 e. The van der Waals surface area contributed by atoms with Crippen LogP contribution in [0.25, 0.3) is 0 Å². The molecule has 2 saturated heterocycles. The Hall–Kier alpha value is -1.72. The lowest BCUT2D eigenvalue weighted by molar-refractivity contribution is -1.02. The standard InChI is InChI=1S/C17H23N3O2/c1-3-18-8-10-19(11-9-18)15-12-16(21)20(17(15)22)14-6-4-13(2)5-7-14/h4-7,15H,3,8-12H2,1-2H3/p+2/t15-/m0/s1. The van der Waals surface area contributed by atoms with Gasteiger partial charge in [0.05, 0.1) is 18.7 Å². The van der Waals surface area contributed by atoms with Crippen molar-refractivity contribution in [3.8, 4) is 0 Å². The maximum Gasteiger partial charge on any atom is 0.292 e. The normalized spacial score (nSPS) is 29.2. The molecule has 1 atom stereocenters. The van der Waals surface area contributed by atoms with Crippen LogP contribution in [0.1, 0.15) is 18.9 Å². The van der Waals surface area contributed by atoms with Crippen molar-refractivity contribution in [1.82, 2.24) is 0 Å². The molecule has 5 heteroatoms. The third-order valence-electron chi connectivity index (χ3n) is 5.03. The van der Waals surface area contributed by atoms with E-state index in [0.29, 0.717) is 12.1 Å². The third-order valence-corrected chi connectivity index (χ3v) is 5.03. The number of quaternary nitrogens is 2. The number of anilines is 1. The Kier molecular flexibility index (Phi) is 4.27. The molecular formula is C17H25N3O2+2. The van der Waals surface area contributed by atoms with Crippen LogP contribution < -0.4 is 14.7 Å². The number of nitrogens with zero attached hydrogens (tertiary/aromatic N) is 1. The zero-order chi connectivity index (χ0) is 15.7. The Balaban J connectivity index is 1.73. The number of piperazine rings is 1. The molecule has 2 amide bonds. The lowest BCUT2D eigenvalue weighted by atomic mass is 10.1. The van der Waals surface area contributed by atoms with Crippen LogP contribution in [0, 0.1) is 6.92 Å². The highest BCUT2D eigenvalue weighted by atomic mass is 16.2. The van der Waals surface area contributed by atoms with E-state index in [1.54, 1.807) is 4.90 Å². The Bertz CT molecular complexity index is 562. The van der Waals surface area contributed by atoms with Gasteiger partial charge in [-0.3, -0.25) is 9.59 Å². The van der Waals surface area contributed by atoms with Crippen molar-refractivity contribution in [3.05, 3.63) is 29.8 Å². The van der Waals surface area contributed by atoms with Gasteiger partial charge in [-0.05, 0) is 26.0 Å². The molecular weight excluding hydrogens is 278 g/mol. The van der Waals surface area contributed by atoms with E-state index in [9.17, 15) is 9.59 Å². The van der Waals surface area contributed by atoms with Crippen LogP contribution in [0.4, 0.5) is 5.69 Å². The summed E-state index contributed by atoms with van der Waals surface area (Å²) in [5.74, 6) is -0.0829. The molecule has 1 aromatic carbocycles. The van der Waals surface area contributed by atoms with E-state index in [-0.39, 0.29) is 17.9 Å². The van der Waals surface area contributed by atoms with Gasteiger partial charge in [0.2, 0.25) is 5.91 Å². The summed E-state index contributed by atoms with van der Waals surface area (Å²) in [4.78, 5) is 29.3. The second-order valence-electron chi connectivity index (χ2n) is 6.42. The molecule has 0 unspecified atom stereocenters. The Morgan fingerprint density at radius 2 is 1.73 bits per heavy atom. The molecule has 2 fully saturated rings. The number of nitrogens with one attached hydrogen (secondary N) is 2. The fraction of sp³-hybridized carbons (Fsp3) is 0.529. The Labute approximate surface area is 131 Å². The van der Waals surface area contributed by atoms with Crippen LogP contribution in [0.5, 0.6) is 0 Å². The maximum absolute atomic E-state index is 12.7. The molecule has 0 spiro atoms. The van der Waals surface area contributed by atoms with E-state index in [0.717, 1.165) is 38.3 Å². The topological polar surface area (TPSA) is 46.3 Å². The van der Waals surface area contributed by atoms with E-state index < -0.39 is 0 Å². The van der Waals surface area contributed by atoms with Crippen molar-refractivity contribution in [3.63, 3.8) is 0 Å². The Morgan fingerprint density at radius 1 is 1.09 bits per heavy atom. The Morgan fingerprint density at radius 3 is 2.32 bits per heavy atom. The molecule has 22 heavy (non-hydrogen) atoms. The summed E-state index contributed by atoms with van der Waals surface area (Å²) in [6, 6.07) is 7.43. The molecule has 0 saturated carbocycles. The molecule has 2 heterocycles. The highest BCUT2D eigenvalue weighted by Gasteiger charge is 2.46. The summed E-state index contributed by atoms with van der Waals surface area (Å²) in [7, 11) is 0. The van der Waals surface area contributed by atoms with Crippen LogP contribution in [-0.2, 0) is 9.59 Å². The van der Waals surface area contributed by atoms with Crippen molar-refractivity contribution in [2.24, 2.45) is 0 Å². The van der Waals surface area contributed by atoms with Crippen molar-refractivity contribution < 1.29 is 19.4 Å². The molecule has 2 aliphatic rings. The van der Waals surface area contributed by atoms with Gasteiger partial charge < -0.3 is 9.80 Å². The molecule has 0 bridgehead atoms. The van der Waals surface area contributed by atoms with Gasteiger partial charge in [-0.25, -0.2) is 4.90 Å². The number of likely N-dealkylation sites (N-methyl/N-ethyl adjacent to an activating group) is 1. The van der Waals surface area contributed by atoms with Crippen molar-refractivity contribution in [2.45, 2.75) is 26.3 Å². The quantitative estimate of drug-likeness (QED) is 0.663. The van der Waals surface area contributed by atoms with Gasteiger partial charge in [0, 0.05) is 0 Å². The van der Waals surface area contributed by atoms with Crippen molar-refractivity contribution >= 4 is 17.5 Å². The number of hydrogen-bond donors (Lipinski definition) is 2. The maximum atomic E-state index is 12.7. The molecule has 1 aromatic rings. The number of aryl methyl sites for hydroxylation is 1. The van der Waals surface area contributed by atoms with Gasteiger partial charge in [0.1, 0.15) is 26.2 Å². The summed E-state index contributed by atoms with van der Waals surface area (Å²) in [5, 5.41) is 0. The molecule has 0 radical (unpaired) electrons. The van der Waals surface area contributed by atoms with Crippen LogP contribution in [-0.4, -0.2) is 50.6 Å². The summed E-state index contributed by atoms with van der Waals surface area (Å²) >= 11 is 0. The smallest absolute Gasteiger partial charge is 0.292 e. The molecule has 5 nitrogen and oxygen atoms in total. The number of rotatable bonds is 3. The molecule has 2 aliphatic heterocycles. The fourth-order valence-electron chi connectivity index (χ4n) is 3.54. The average Bonchev–Trinajstić information content (AvgIpc) is 2.83. The minimum Gasteiger partial charge on any atom is -0.326 e. The first-order valence-electron chi connectivity index (χ1n) is 8.21. The zero-order valence-electron chi connectivity index (χ0n) is 13.4. The predicted octanol–water partition coefficient (Wildman–Crippen LogP) is -1.57. The first kappa shape index (κ1) is 15.2. The molecule has 3 rings (SSSR count). The number of benzene rings is 1. The summed E-state index contributed by atoms with van der Waals surface area (Å²) in [5.41, 5.74) is 1.84. The number of imide groups is 1. The minimum atomic E-state index is -0.188. The molecule has 0 aromatic heterocycles. The van der Waals surface area contributed by atoms with E-state index in [2.05, 4.69) is 6.92 Å². The summed E-state index contributed by atoms with van der Waals surface area (Å²) in [6.07, 6.45) is 0.351. The van der Waals surface area contributed by atoms with Gasteiger partial charge in [-0.2, -0.15) is 0 Å². The van der Waals surface area contributed by atoms with E-state index >= 15 is 0 Å². The van der Waals surface area contributed by atoms with E-state index in [1.807, 2.05) is 31.2 Å². The van der Waals surface area contributed by atoms with Crippen LogP contribution in [0.3, 0.4) is 0 Å². The number of hydrogen-bond acceptors (Lipinski definition) is 2. The lowest BCUT2D eigenvalue weighted by Gasteiger charge is -2.31. The fourth-order valence-corrected chi connectivity index (χ4v) is 3.54. The van der Waals surface area contributed by atoms with Gasteiger partial charge >= 0.3 is 0 Å². The minimum absolute atomic E-state index is 0.0243. The first-order valence-corrected chi connectivity index (χ1v) is 8.21. The van der Waals surface area contributed by atoms with Gasteiger partial charge in [0.25, 0.3) is 5.91 Å². The first-order chi connectivity index (χ1) is 10.6. The third kappa shape index (κ3) is 2.78. The van der Waals surface area contributed by atoms with Crippen LogP contribution >= 0.6 is 0 Å². The predicted molar refractivity (Wildman–Crippen MR) is 84.0 cm³/mol. The number of amides is 2. The summed E-state index contributed by atoms with van der Waals surface area (Å²) < 4.78 is 0. The monoisotopic (exact) mass is 303 g/mol. The second kappa shape index (κ2) is 6.18. The van der Waals surface area contributed by atoms with Gasteiger partial charge in [-0.1, -0.05) is 17.7 Å².